The fraction of sp³-hybridized carbons (Fsp3) is 0.0625. The maximum atomic E-state index is 12.0. The standard InChI is InChI=1S/C16H14N4O3/c1-10(21)23-14-4-2-3-12(7-14)18-16(22)19-13-6-5-11-9-17-20-15(11)8-13/h2-9H,1H3,(H,17,20)(H2,18,19,22). The number of fused-ring (bicyclic) bond motifs is 1. The lowest BCUT2D eigenvalue weighted by Gasteiger charge is -2.09. The third-order valence-corrected chi connectivity index (χ3v) is 3.05. The quantitative estimate of drug-likeness (QED) is 0.511. The van der Waals surface area contributed by atoms with Gasteiger partial charge >= 0.3 is 12.0 Å². The van der Waals surface area contributed by atoms with E-state index in [0.29, 0.717) is 17.1 Å². The van der Waals surface area contributed by atoms with Crippen molar-refractivity contribution in [3.05, 3.63) is 48.7 Å². The molecule has 23 heavy (non-hydrogen) atoms. The Hall–Kier alpha value is -3.35. The third-order valence-electron chi connectivity index (χ3n) is 3.05. The number of rotatable bonds is 3. The van der Waals surface area contributed by atoms with Gasteiger partial charge in [-0.15, -0.1) is 0 Å². The highest BCUT2D eigenvalue weighted by atomic mass is 16.5. The number of esters is 1. The molecule has 0 bridgehead atoms. The van der Waals surface area contributed by atoms with Gasteiger partial charge in [0, 0.05) is 29.8 Å². The van der Waals surface area contributed by atoms with Crippen LogP contribution in [0.25, 0.3) is 10.9 Å². The number of carbonyl (C=O) groups is 2. The summed E-state index contributed by atoms with van der Waals surface area (Å²) in [5, 5.41) is 13.1. The van der Waals surface area contributed by atoms with Gasteiger partial charge in [-0.05, 0) is 30.3 Å². The van der Waals surface area contributed by atoms with Gasteiger partial charge in [-0.3, -0.25) is 9.89 Å². The number of nitrogens with one attached hydrogen (secondary N) is 3. The second-order valence-electron chi connectivity index (χ2n) is 4.87. The monoisotopic (exact) mass is 310 g/mol. The summed E-state index contributed by atoms with van der Waals surface area (Å²) in [5.74, 6) is -0.0476. The Morgan fingerprint density at radius 1 is 1.09 bits per heavy atom. The minimum atomic E-state index is -0.417. The topological polar surface area (TPSA) is 96.1 Å². The molecule has 1 heterocycles. The van der Waals surface area contributed by atoms with E-state index in [0.717, 1.165) is 10.9 Å². The first-order valence-electron chi connectivity index (χ1n) is 6.90. The van der Waals surface area contributed by atoms with Gasteiger partial charge in [0.1, 0.15) is 5.75 Å². The summed E-state index contributed by atoms with van der Waals surface area (Å²) in [5.41, 5.74) is 1.99. The Morgan fingerprint density at radius 3 is 2.65 bits per heavy atom. The van der Waals surface area contributed by atoms with Crippen LogP contribution >= 0.6 is 0 Å². The van der Waals surface area contributed by atoms with Gasteiger partial charge in [0.05, 0.1) is 11.7 Å². The summed E-state index contributed by atoms with van der Waals surface area (Å²) in [6.07, 6.45) is 1.71. The molecular formula is C16H14N4O3. The van der Waals surface area contributed by atoms with Crippen molar-refractivity contribution < 1.29 is 14.3 Å². The molecule has 7 nitrogen and oxygen atoms in total. The van der Waals surface area contributed by atoms with Crippen LogP contribution < -0.4 is 15.4 Å². The van der Waals surface area contributed by atoms with E-state index in [-0.39, 0.29) is 0 Å². The van der Waals surface area contributed by atoms with E-state index < -0.39 is 12.0 Å². The van der Waals surface area contributed by atoms with Crippen LogP contribution in [0.15, 0.2) is 48.7 Å². The number of amides is 2. The van der Waals surface area contributed by atoms with Gasteiger partial charge in [0.15, 0.2) is 0 Å². The summed E-state index contributed by atoms with van der Waals surface area (Å²) in [6, 6.07) is 11.6. The van der Waals surface area contributed by atoms with Crippen LogP contribution in [0.2, 0.25) is 0 Å². The smallest absolute Gasteiger partial charge is 0.323 e. The number of ether oxygens (including phenoxy) is 1. The highest BCUT2D eigenvalue weighted by molar-refractivity contribution is 6.01. The predicted octanol–water partition coefficient (Wildman–Crippen LogP) is 3.13. The van der Waals surface area contributed by atoms with Crippen LogP contribution in [-0.4, -0.2) is 22.2 Å². The van der Waals surface area contributed by atoms with E-state index in [9.17, 15) is 9.59 Å². The zero-order chi connectivity index (χ0) is 16.2. The van der Waals surface area contributed by atoms with E-state index in [1.807, 2.05) is 6.07 Å². The molecular weight excluding hydrogens is 296 g/mol. The molecule has 0 aliphatic carbocycles. The summed E-state index contributed by atoms with van der Waals surface area (Å²) in [4.78, 5) is 23.0. The van der Waals surface area contributed by atoms with Crippen LogP contribution in [0.5, 0.6) is 5.75 Å². The van der Waals surface area contributed by atoms with Crippen molar-refractivity contribution in [2.45, 2.75) is 6.92 Å². The van der Waals surface area contributed by atoms with Crippen molar-refractivity contribution in [2.24, 2.45) is 0 Å². The van der Waals surface area contributed by atoms with Gasteiger partial charge in [0.2, 0.25) is 0 Å². The maximum Gasteiger partial charge on any atom is 0.323 e. The highest BCUT2D eigenvalue weighted by Gasteiger charge is 2.06. The first kappa shape index (κ1) is 14.6. The van der Waals surface area contributed by atoms with Crippen LogP contribution in [0.4, 0.5) is 16.2 Å². The predicted molar refractivity (Wildman–Crippen MR) is 86.5 cm³/mol. The Kier molecular flexibility index (Phi) is 3.92. The third kappa shape index (κ3) is 3.65. The molecule has 0 aliphatic rings. The van der Waals surface area contributed by atoms with Crippen LogP contribution in [0.3, 0.4) is 0 Å². The van der Waals surface area contributed by atoms with Gasteiger partial charge in [-0.25, -0.2) is 4.79 Å². The summed E-state index contributed by atoms with van der Waals surface area (Å²) in [7, 11) is 0. The van der Waals surface area contributed by atoms with E-state index in [2.05, 4.69) is 20.8 Å². The van der Waals surface area contributed by atoms with Crippen molar-refractivity contribution >= 4 is 34.3 Å². The number of aromatic amines is 1. The van der Waals surface area contributed by atoms with Crippen molar-refractivity contribution in [3.8, 4) is 5.75 Å². The SMILES string of the molecule is CC(=O)Oc1cccc(NC(=O)Nc2ccc3cn[nH]c3c2)c1. The summed E-state index contributed by atoms with van der Waals surface area (Å²) >= 11 is 0. The molecule has 3 rings (SSSR count). The first-order valence-corrected chi connectivity index (χ1v) is 6.90. The zero-order valence-electron chi connectivity index (χ0n) is 12.3. The number of urea groups is 1. The molecule has 7 heteroatoms. The Bertz CT molecular complexity index is 872. The number of aromatic nitrogens is 2. The molecule has 3 N–H and O–H groups in total. The molecule has 0 saturated heterocycles. The van der Waals surface area contributed by atoms with E-state index >= 15 is 0 Å². The average Bonchev–Trinajstić information content (AvgIpc) is 2.94. The van der Waals surface area contributed by atoms with E-state index in [4.69, 9.17) is 4.74 Å². The summed E-state index contributed by atoms with van der Waals surface area (Å²) in [6.45, 7) is 1.32. The van der Waals surface area contributed by atoms with Crippen LogP contribution in [0, 0.1) is 0 Å². The average molecular weight is 310 g/mol. The zero-order valence-corrected chi connectivity index (χ0v) is 12.3. The molecule has 3 aromatic rings. The molecule has 0 aliphatic heterocycles. The normalized spacial score (nSPS) is 10.3. The molecule has 2 amide bonds. The molecule has 2 aromatic carbocycles. The molecule has 0 spiro atoms. The van der Waals surface area contributed by atoms with Crippen molar-refractivity contribution in [1.29, 1.82) is 0 Å². The number of hydrogen-bond donors (Lipinski definition) is 3. The number of nitrogens with zero attached hydrogens (tertiary/aromatic N) is 1. The fourth-order valence-electron chi connectivity index (χ4n) is 2.11. The van der Waals surface area contributed by atoms with E-state index in [1.165, 1.54) is 6.92 Å². The van der Waals surface area contributed by atoms with Gasteiger partial charge in [-0.1, -0.05) is 6.07 Å². The molecule has 0 saturated carbocycles. The van der Waals surface area contributed by atoms with Gasteiger partial charge < -0.3 is 15.4 Å². The van der Waals surface area contributed by atoms with Crippen molar-refractivity contribution in [2.75, 3.05) is 10.6 Å². The number of benzene rings is 2. The fourth-order valence-corrected chi connectivity index (χ4v) is 2.11. The molecule has 0 fully saturated rings. The minimum Gasteiger partial charge on any atom is -0.427 e. The highest BCUT2D eigenvalue weighted by Crippen LogP contribution is 2.19. The van der Waals surface area contributed by atoms with Crippen molar-refractivity contribution in [3.63, 3.8) is 0 Å². The number of H-pyrrole nitrogens is 1. The van der Waals surface area contributed by atoms with Crippen LogP contribution in [0.1, 0.15) is 6.92 Å². The molecule has 116 valence electrons. The first-order chi connectivity index (χ1) is 11.1. The second kappa shape index (κ2) is 6.18. The van der Waals surface area contributed by atoms with E-state index in [1.54, 1.807) is 42.6 Å². The summed E-state index contributed by atoms with van der Waals surface area (Å²) < 4.78 is 4.97. The van der Waals surface area contributed by atoms with Crippen molar-refractivity contribution in [1.82, 2.24) is 10.2 Å². The second-order valence-corrected chi connectivity index (χ2v) is 4.87. The Morgan fingerprint density at radius 2 is 1.87 bits per heavy atom. The largest absolute Gasteiger partial charge is 0.427 e. The number of hydrogen-bond acceptors (Lipinski definition) is 4. The number of anilines is 2. The van der Waals surface area contributed by atoms with Crippen LogP contribution in [-0.2, 0) is 4.79 Å². The van der Waals surface area contributed by atoms with Gasteiger partial charge in [-0.2, -0.15) is 5.10 Å². The molecule has 0 radical (unpaired) electrons. The lowest BCUT2D eigenvalue weighted by molar-refractivity contribution is -0.131. The molecule has 0 atom stereocenters. The lowest BCUT2D eigenvalue weighted by Crippen LogP contribution is -2.19. The minimum absolute atomic E-state index is 0.370. The van der Waals surface area contributed by atoms with Gasteiger partial charge in [0.25, 0.3) is 0 Å². The Balaban J connectivity index is 1.67. The molecule has 1 aromatic heterocycles. The number of carbonyl (C=O) groups excluding carboxylic acids is 2. The maximum absolute atomic E-state index is 12.0. The Labute approximate surface area is 131 Å². The molecule has 0 unspecified atom stereocenters. The lowest BCUT2D eigenvalue weighted by atomic mass is 10.2.